The van der Waals surface area contributed by atoms with Gasteiger partial charge in [0.1, 0.15) is 5.01 Å². The molecule has 8 heteroatoms. The Morgan fingerprint density at radius 2 is 2.00 bits per heavy atom. The number of nitrogens with one attached hydrogen (secondary N) is 2. The summed E-state index contributed by atoms with van der Waals surface area (Å²) in [7, 11) is 0. The van der Waals surface area contributed by atoms with Gasteiger partial charge in [-0.15, -0.1) is 21.5 Å². The van der Waals surface area contributed by atoms with Gasteiger partial charge in [-0.2, -0.15) is 0 Å². The molecule has 2 aromatic heterocycles. The highest BCUT2D eigenvalue weighted by Crippen LogP contribution is 2.31. The molecule has 2 N–H and O–H groups in total. The normalized spacial score (nSPS) is 14.1. The highest BCUT2D eigenvalue weighted by atomic mass is 32.1. The maximum atomic E-state index is 12.0. The first-order chi connectivity index (χ1) is 9.61. The molecule has 1 aliphatic rings. The Kier molecular flexibility index (Phi) is 3.49. The van der Waals surface area contributed by atoms with Gasteiger partial charge >= 0.3 is 0 Å². The summed E-state index contributed by atoms with van der Waals surface area (Å²) in [4.78, 5) is 24.2. The zero-order valence-corrected chi connectivity index (χ0v) is 12.3. The van der Waals surface area contributed by atoms with Gasteiger partial charge in [-0.25, -0.2) is 0 Å². The minimum Gasteiger partial charge on any atom is -0.317 e. The number of aryl methyl sites for hydroxylation is 1. The Labute approximate surface area is 123 Å². The first-order valence-corrected chi connectivity index (χ1v) is 7.77. The third kappa shape index (κ3) is 3.02. The molecule has 0 aliphatic heterocycles. The second-order valence-electron chi connectivity index (χ2n) is 4.51. The molecular weight excluding hydrogens is 296 g/mol. The highest BCUT2D eigenvalue weighted by Gasteiger charge is 2.29. The van der Waals surface area contributed by atoms with Gasteiger partial charge in [0.15, 0.2) is 0 Å². The van der Waals surface area contributed by atoms with Crippen molar-refractivity contribution in [1.29, 1.82) is 0 Å². The third-order valence-electron chi connectivity index (χ3n) is 2.77. The molecule has 0 spiro atoms. The van der Waals surface area contributed by atoms with Crippen LogP contribution in [-0.4, -0.2) is 22.0 Å². The third-order valence-corrected chi connectivity index (χ3v) is 4.52. The molecule has 0 unspecified atom stereocenters. The number of carbonyl (C=O) groups is 2. The largest absolute Gasteiger partial charge is 0.317 e. The lowest BCUT2D eigenvalue weighted by Gasteiger charge is -1.99. The summed E-state index contributed by atoms with van der Waals surface area (Å²) >= 11 is 2.57. The van der Waals surface area contributed by atoms with Crippen molar-refractivity contribution in [3.63, 3.8) is 0 Å². The number of thiophene rings is 1. The van der Waals surface area contributed by atoms with E-state index in [0.29, 0.717) is 15.0 Å². The van der Waals surface area contributed by atoms with Crippen LogP contribution in [0.2, 0.25) is 0 Å². The van der Waals surface area contributed by atoms with Crippen LogP contribution in [0, 0.1) is 12.8 Å². The number of hydrogen-bond donors (Lipinski definition) is 2. The Morgan fingerprint density at radius 1 is 1.20 bits per heavy atom. The van der Waals surface area contributed by atoms with Crippen molar-refractivity contribution in [1.82, 2.24) is 10.2 Å². The summed E-state index contributed by atoms with van der Waals surface area (Å²) in [5, 5.41) is 15.1. The molecule has 1 aliphatic carbocycles. The van der Waals surface area contributed by atoms with E-state index in [4.69, 9.17) is 0 Å². The van der Waals surface area contributed by atoms with Crippen LogP contribution in [0.4, 0.5) is 10.1 Å². The Bertz CT molecular complexity index is 660. The summed E-state index contributed by atoms with van der Waals surface area (Å²) in [5.41, 5.74) is 0. The molecule has 1 fully saturated rings. The predicted molar refractivity (Wildman–Crippen MR) is 78.3 cm³/mol. The first-order valence-electron chi connectivity index (χ1n) is 6.14. The van der Waals surface area contributed by atoms with Crippen molar-refractivity contribution in [2.45, 2.75) is 19.8 Å². The van der Waals surface area contributed by atoms with Crippen molar-refractivity contribution < 1.29 is 9.59 Å². The van der Waals surface area contributed by atoms with Crippen LogP contribution < -0.4 is 10.6 Å². The van der Waals surface area contributed by atoms with Gasteiger partial charge in [0.25, 0.3) is 5.91 Å². The molecule has 2 amide bonds. The van der Waals surface area contributed by atoms with E-state index in [0.717, 1.165) is 17.8 Å². The first kappa shape index (κ1) is 13.2. The fraction of sp³-hybridized carbons (Fsp3) is 0.333. The molecule has 20 heavy (non-hydrogen) atoms. The minimum atomic E-state index is -0.238. The number of hydrogen-bond acceptors (Lipinski definition) is 6. The molecule has 1 saturated carbocycles. The summed E-state index contributed by atoms with van der Waals surface area (Å²) in [6.07, 6.45) is 1.92. The van der Waals surface area contributed by atoms with Gasteiger partial charge < -0.3 is 5.32 Å². The van der Waals surface area contributed by atoms with Crippen LogP contribution in [0.5, 0.6) is 0 Å². The lowest BCUT2D eigenvalue weighted by molar-refractivity contribution is -0.117. The van der Waals surface area contributed by atoms with Crippen LogP contribution in [-0.2, 0) is 4.79 Å². The Morgan fingerprint density at radius 3 is 2.65 bits per heavy atom. The molecule has 2 aromatic rings. The SMILES string of the molecule is Cc1nnc(NC(=O)c2ccc(NC(=O)C3CC3)s2)s1. The Balaban J connectivity index is 1.63. The zero-order chi connectivity index (χ0) is 14.1. The van der Waals surface area contributed by atoms with Crippen LogP contribution in [0.1, 0.15) is 27.5 Å². The molecule has 0 radical (unpaired) electrons. The number of rotatable bonds is 4. The van der Waals surface area contributed by atoms with Gasteiger partial charge in [0.05, 0.1) is 9.88 Å². The van der Waals surface area contributed by atoms with E-state index in [9.17, 15) is 9.59 Å². The van der Waals surface area contributed by atoms with Crippen LogP contribution >= 0.6 is 22.7 Å². The fourth-order valence-electron chi connectivity index (χ4n) is 1.60. The van der Waals surface area contributed by atoms with Gasteiger partial charge in [0, 0.05) is 5.92 Å². The molecular formula is C12H12N4O2S2. The number of carbonyl (C=O) groups excluding carboxylic acids is 2. The molecule has 104 valence electrons. The smallest absolute Gasteiger partial charge is 0.267 e. The zero-order valence-electron chi connectivity index (χ0n) is 10.7. The van der Waals surface area contributed by atoms with E-state index in [1.165, 1.54) is 22.7 Å². The number of amides is 2. The molecule has 0 saturated heterocycles. The number of nitrogens with zero attached hydrogens (tertiary/aromatic N) is 2. The summed E-state index contributed by atoms with van der Waals surface area (Å²) in [6, 6.07) is 3.43. The average Bonchev–Trinajstić information content (AvgIpc) is 3.04. The van der Waals surface area contributed by atoms with Gasteiger partial charge in [-0.05, 0) is 31.9 Å². The van der Waals surface area contributed by atoms with Crippen molar-refractivity contribution in [3.8, 4) is 0 Å². The molecule has 3 rings (SSSR count). The van der Waals surface area contributed by atoms with Crippen molar-refractivity contribution in [2.24, 2.45) is 5.92 Å². The maximum absolute atomic E-state index is 12.0. The maximum Gasteiger partial charge on any atom is 0.267 e. The topological polar surface area (TPSA) is 84.0 Å². The highest BCUT2D eigenvalue weighted by molar-refractivity contribution is 7.18. The molecule has 0 atom stereocenters. The molecule has 2 heterocycles. The monoisotopic (exact) mass is 308 g/mol. The van der Waals surface area contributed by atoms with Gasteiger partial charge in [-0.3, -0.25) is 14.9 Å². The van der Waals surface area contributed by atoms with E-state index in [-0.39, 0.29) is 17.7 Å². The standard InChI is InChI=1S/C12H12N4O2S2/c1-6-15-16-12(19-6)14-11(18)8-4-5-9(20-8)13-10(17)7-2-3-7/h4-5,7H,2-3H2,1H3,(H,13,17)(H,14,16,18). The summed E-state index contributed by atoms with van der Waals surface area (Å²) in [5.74, 6) is -0.0460. The average molecular weight is 308 g/mol. The number of aromatic nitrogens is 2. The Hall–Kier alpha value is -1.80. The van der Waals surface area contributed by atoms with Gasteiger partial charge in [-0.1, -0.05) is 11.3 Å². The second kappa shape index (κ2) is 5.29. The molecule has 0 aromatic carbocycles. The van der Waals surface area contributed by atoms with Crippen LogP contribution in [0.15, 0.2) is 12.1 Å². The van der Waals surface area contributed by atoms with E-state index >= 15 is 0 Å². The molecule has 6 nitrogen and oxygen atoms in total. The van der Waals surface area contributed by atoms with E-state index in [2.05, 4.69) is 20.8 Å². The van der Waals surface area contributed by atoms with E-state index in [1.807, 2.05) is 6.92 Å². The van der Waals surface area contributed by atoms with Crippen LogP contribution in [0.25, 0.3) is 0 Å². The number of anilines is 2. The lowest BCUT2D eigenvalue weighted by Crippen LogP contribution is -2.12. The lowest BCUT2D eigenvalue weighted by atomic mass is 10.4. The van der Waals surface area contributed by atoms with Crippen molar-refractivity contribution in [3.05, 3.63) is 22.0 Å². The summed E-state index contributed by atoms with van der Waals surface area (Å²) in [6.45, 7) is 1.82. The van der Waals surface area contributed by atoms with Gasteiger partial charge in [0.2, 0.25) is 11.0 Å². The quantitative estimate of drug-likeness (QED) is 0.909. The van der Waals surface area contributed by atoms with E-state index < -0.39 is 0 Å². The summed E-state index contributed by atoms with van der Waals surface area (Å²) < 4.78 is 0. The molecule has 0 bridgehead atoms. The van der Waals surface area contributed by atoms with Crippen molar-refractivity contribution in [2.75, 3.05) is 10.6 Å². The minimum absolute atomic E-state index is 0.0403. The fourth-order valence-corrected chi connectivity index (χ4v) is 2.99. The van der Waals surface area contributed by atoms with E-state index in [1.54, 1.807) is 12.1 Å². The second-order valence-corrected chi connectivity index (χ2v) is 6.77. The van der Waals surface area contributed by atoms with Crippen LogP contribution in [0.3, 0.4) is 0 Å². The van der Waals surface area contributed by atoms with Crippen molar-refractivity contribution >= 4 is 44.6 Å². The predicted octanol–water partition coefficient (Wildman–Crippen LogP) is 2.51.